The summed E-state index contributed by atoms with van der Waals surface area (Å²) < 4.78 is 35.1. The molecule has 0 aliphatic carbocycles. The van der Waals surface area contributed by atoms with Crippen LogP contribution in [-0.2, 0) is 29.1 Å². The van der Waals surface area contributed by atoms with Gasteiger partial charge < -0.3 is 14.6 Å². The van der Waals surface area contributed by atoms with Gasteiger partial charge in [-0.2, -0.15) is 0 Å². The number of rotatable bonds is 6. The Bertz CT molecular complexity index is 460. The second kappa shape index (κ2) is 5.85. The van der Waals surface area contributed by atoms with Gasteiger partial charge in [-0.15, -0.1) is 0 Å². The van der Waals surface area contributed by atoms with Gasteiger partial charge in [-0.3, -0.25) is 9.59 Å². The van der Waals surface area contributed by atoms with Gasteiger partial charge in [0.2, 0.25) is 10.0 Å². The van der Waals surface area contributed by atoms with Crippen LogP contribution in [0.5, 0.6) is 0 Å². The standard InChI is InChI=1S/C10H17NO7S/c1-10(9(13)14)6-18-5-7(10)11-19(15,16)4-3-8(12)17-2/h7,11H,3-6H2,1-2H3,(H,13,14). The van der Waals surface area contributed by atoms with Gasteiger partial charge in [-0.25, -0.2) is 13.1 Å². The molecule has 1 fully saturated rings. The van der Waals surface area contributed by atoms with Gasteiger partial charge in [0.25, 0.3) is 0 Å². The zero-order chi connectivity index (χ0) is 14.7. The summed E-state index contributed by atoms with van der Waals surface area (Å²) in [6.45, 7) is 1.34. The van der Waals surface area contributed by atoms with Gasteiger partial charge in [0.05, 0.1) is 38.5 Å². The van der Waals surface area contributed by atoms with Crippen LogP contribution in [0.3, 0.4) is 0 Å². The largest absolute Gasteiger partial charge is 0.481 e. The van der Waals surface area contributed by atoms with Crippen LogP contribution in [0.1, 0.15) is 13.3 Å². The third-order valence-corrected chi connectivity index (χ3v) is 4.45. The van der Waals surface area contributed by atoms with Crippen molar-refractivity contribution in [2.75, 3.05) is 26.1 Å². The Labute approximate surface area is 111 Å². The molecule has 1 saturated heterocycles. The highest BCUT2D eigenvalue weighted by molar-refractivity contribution is 7.89. The van der Waals surface area contributed by atoms with Gasteiger partial charge in [-0.1, -0.05) is 0 Å². The minimum Gasteiger partial charge on any atom is -0.481 e. The highest BCUT2D eigenvalue weighted by Crippen LogP contribution is 2.29. The van der Waals surface area contributed by atoms with Crippen molar-refractivity contribution in [1.82, 2.24) is 4.72 Å². The molecule has 0 amide bonds. The van der Waals surface area contributed by atoms with Crippen LogP contribution in [0, 0.1) is 5.41 Å². The van der Waals surface area contributed by atoms with Gasteiger partial charge in [0, 0.05) is 0 Å². The molecule has 0 aromatic heterocycles. The molecule has 0 bridgehead atoms. The first kappa shape index (κ1) is 15.9. The summed E-state index contributed by atoms with van der Waals surface area (Å²) in [4.78, 5) is 22.0. The van der Waals surface area contributed by atoms with E-state index in [0.717, 1.165) is 7.11 Å². The van der Waals surface area contributed by atoms with Crippen molar-refractivity contribution in [2.45, 2.75) is 19.4 Å². The van der Waals surface area contributed by atoms with Crippen molar-refractivity contribution in [3.05, 3.63) is 0 Å². The number of aliphatic carboxylic acids is 1. The second-order valence-corrected chi connectivity index (χ2v) is 6.43. The summed E-state index contributed by atoms with van der Waals surface area (Å²) in [5.74, 6) is -2.23. The number of ether oxygens (including phenoxy) is 2. The van der Waals surface area contributed by atoms with E-state index in [2.05, 4.69) is 9.46 Å². The number of hydrogen-bond donors (Lipinski definition) is 2. The smallest absolute Gasteiger partial charge is 0.313 e. The number of carboxylic acids is 1. The monoisotopic (exact) mass is 295 g/mol. The molecule has 1 aliphatic rings. The lowest BCUT2D eigenvalue weighted by molar-refractivity contribution is -0.148. The lowest BCUT2D eigenvalue weighted by Gasteiger charge is -2.25. The van der Waals surface area contributed by atoms with Crippen LogP contribution in [0.15, 0.2) is 0 Å². The van der Waals surface area contributed by atoms with Crippen LogP contribution in [0.2, 0.25) is 0 Å². The van der Waals surface area contributed by atoms with Crippen molar-refractivity contribution in [2.24, 2.45) is 5.41 Å². The molecule has 0 spiro atoms. The number of esters is 1. The van der Waals surface area contributed by atoms with Gasteiger partial charge in [0.15, 0.2) is 0 Å². The minimum atomic E-state index is -3.77. The van der Waals surface area contributed by atoms with E-state index in [4.69, 9.17) is 9.84 Å². The second-order valence-electron chi connectivity index (χ2n) is 4.55. The van der Waals surface area contributed by atoms with Crippen LogP contribution in [0.25, 0.3) is 0 Å². The maximum atomic E-state index is 11.7. The van der Waals surface area contributed by atoms with Crippen LogP contribution in [0.4, 0.5) is 0 Å². The Hall–Kier alpha value is -1.19. The Morgan fingerprint density at radius 1 is 1.53 bits per heavy atom. The molecule has 2 N–H and O–H groups in total. The number of hydrogen-bond acceptors (Lipinski definition) is 6. The van der Waals surface area contributed by atoms with Gasteiger partial charge in [-0.05, 0) is 6.92 Å². The molecule has 2 atom stereocenters. The highest BCUT2D eigenvalue weighted by atomic mass is 32.2. The maximum Gasteiger partial charge on any atom is 0.313 e. The third-order valence-electron chi connectivity index (χ3n) is 3.07. The zero-order valence-electron chi connectivity index (χ0n) is 10.7. The zero-order valence-corrected chi connectivity index (χ0v) is 11.5. The van der Waals surface area contributed by atoms with Crippen molar-refractivity contribution < 1.29 is 32.6 Å². The highest BCUT2D eigenvalue weighted by Gasteiger charge is 2.48. The molecular formula is C10H17NO7S. The van der Waals surface area contributed by atoms with Crippen molar-refractivity contribution in [3.8, 4) is 0 Å². The van der Waals surface area contributed by atoms with Crippen LogP contribution < -0.4 is 4.72 Å². The summed E-state index contributed by atoms with van der Waals surface area (Å²) in [5, 5.41) is 9.11. The fraction of sp³-hybridized carbons (Fsp3) is 0.800. The van der Waals surface area contributed by atoms with Crippen molar-refractivity contribution >= 4 is 22.0 Å². The van der Waals surface area contributed by atoms with E-state index in [0.29, 0.717) is 0 Å². The summed E-state index contributed by atoms with van der Waals surface area (Å²) in [6.07, 6.45) is -0.288. The normalized spacial score (nSPS) is 27.2. The van der Waals surface area contributed by atoms with Gasteiger partial charge >= 0.3 is 11.9 Å². The number of nitrogens with one attached hydrogen (secondary N) is 1. The minimum absolute atomic E-state index is 0.0136. The Balaban J connectivity index is 2.68. The first-order chi connectivity index (χ1) is 8.71. The molecule has 19 heavy (non-hydrogen) atoms. The Kier molecular flexibility index (Phi) is 4.88. The summed E-state index contributed by atoms with van der Waals surface area (Å²) in [5.41, 5.74) is -1.31. The Morgan fingerprint density at radius 3 is 2.68 bits per heavy atom. The number of carbonyl (C=O) groups excluding carboxylic acids is 1. The molecule has 1 heterocycles. The van der Waals surface area contributed by atoms with Crippen molar-refractivity contribution in [1.29, 1.82) is 0 Å². The predicted octanol–water partition coefficient (Wildman–Crippen LogP) is -1.04. The average molecular weight is 295 g/mol. The number of carbonyl (C=O) groups is 2. The molecule has 0 aromatic carbocycles. The molecule has 8 nitrogen and oxygen atoms in total. The average Bonchev–Trinajstić information content (AvgIpc) is 2.69. The third kappa shape index (κ3) is 3.88. The molecule has 0 saturated carbocycles. The van der Waals surface area contributed by atoms with E-state index in [1.54, 1.807) is 0 Å². The number of carboxylic acid groups (broad SMARTS) is 1. The van der Waals surface area contributed by atoms with Gasteiger partial charge in [0.1, 0.15) is 5.41 Å². The quantitative estimate of drug-likeness (QED) is 0.600. The van der Waals surface area contributed by atoms with E-state index in [-0.39, 0.29) is 19.6 Å². The molecule has 110 valence electrons. The summed E-state index contributed by atoms with van der Waals surface area (Å²) in [7, 11) is -2.61. The van der Waals surface area contributed by atoms with E-state index >= 15 is 0 Å². The SMILES string of the molecule is COC(=O)CCS(=O)(=O)NC1COCC1(C)C(=O)O. The van der Waals surface area contributed by atoms with Crippen LogP contribution >= 0.6 is 0 Å². The predicted molar refractivity (Wildman–Crippen MR) is 63.9 cm³/mol. The van der Waals surface area contributed by atoms with E-state index in [1.807, 2.05) is 0 Å². The lowest BCUT2D eigenvalue weighted by Crippen LogP contribution is -2.50. The molecule has 1 aliphatic heterocycles. The molecule has 9 heteroatoms. The van der Waals surface area contributed by atoms with Crippen molar-refractivity contribution in [3.63, 3.8) is 0 Å². The molecule has 2 unspecified atom stereocenters. The lowest BCUT2D eigenvalue weighted by atomic mass is 9.86. The fourth-order valence-corrected chi connectivity index (χ4v) is 2.96. The molecule has 0 radical (unpaired) electrons. The van der Waals surface area contributed by atoms with E-state index in [1.165, 1.54) is 6.92 Å². The first-order valence-electron chi connectivity index (χ1n) is 5.59. The molecular weight excluding hydrogens is 278 g/mol. The number of sulfonamides is 1. The Morgan fingerprint density at radius 2 is 2.16 bits per heavy atom. The van der Waals surface area contributed by atoms with E-state index < -0.39 is 39.2 Å². The fourth-order valence-electron chi connectivity index (χ4n) is 1.64. The maximum absolute atomic E-state index is 11.7. The number of methoxy groups -OCH3 is 1. The molecule has 1 rings (SSSR count). The van der Waals surface area contributed by atoms with Crippen LogP contribution in [-0.4, -0.2) is 57.6 Å². The summed E-state index contributed by atoms with van der Waals surface area (Å²) in [6, 6.07) is -0.854. The topological polar surface area (TPSA) is 119 Å². The van der Waals surface area contributed by atoms with E-state index in [9.17, 15) is 18.0 Å². The molecule has 0 aromatic rings. The summed E-state index contributed by atoms with van der Waals surface area (Å²) >= 11 is 0. The first-order valence-corrected chi connectivity index (χ1v) is 7.24.